The summed E-state index contributed by atoms with van der Waals surface area (Å²) in [4.78, 5) is 41.0. The van der Waals surface area contributed by atoms with Gasteiger partial charge in [-0.1, -0.05) is 35.5 Å². The van der Waals surface area contributed by atoms with Crippen molar-refractivity contribution in [3.8, 4) is 22.6 Å². The van der Waals surface area contributed by atoms with Gasteiger partial charge in [-0.2, -0.15) is 0 Å². The third-order valence-electron chi connectivity index (χ3n) is 8.15. The Morgan fingerprint density at radius 1 is 1.00 bits per heavy atom. The Morgan fingerprint density at radius 3 is 2.58 bits per heavy atom. The van der Waals surface area contributed by atoms with Crippen LogP contribution in [0, 0.1) is 19.7 Å². The molecular weight excluding hydrogens is 579 g/mol. The number of benzene rings is 3. The quantitative estimate of drug-likeness (QED) is 0.357. The molecule has 45 heavy (non-hydrogen) atoms. The Morgan fingerprint density at radius 2 is 1.80 bits per heavy atom. The van der Waals surface area contributed by atoms with Crippen molar-refractivity contribution in [1.29, 1.82) is 0 Å². The lowest BCUT2D eigenvalue weighted by Gasteiger charge is -2.21. The van der Waals surface area contributed by atoms with Crippen LogP contribution in [-0.2, 0) is 22.6 Å². The van der Waals surface area contributed by atoms with Crippen LogP contribution in [0.2, 0.25) is 0 Å². The van der Waals surface area contributed by atoms with E-state index < -0.39 is 23.9 Å². The number of hydrogen-bond donors (Lipinski definition) is 2. The number of carbonyl (C=O) groups excluding carboxylic acids is 3. The number of halogens is 1. The molecular formula is C34H33FN4O6. The summed E-state index contributed by atoms with van der Waals surface area (Å²) in [5, 5.41) is 9.74. The van der Waals surface area contributed by atoms with Gasteiger partial charge in [0.25, 0.3) is 11.8 Å². The van der Waals surface area contributed by atoms with Crippen LogP contribution in [0.15, 0.2) is 71.3 Å². The molecule has 232 valence electrons. The number of nitrogens with one attached hydrogen (secondary N) is 2. The summed E-state index contributed by atoms with van der Waals surface area (Å²) in [6.07, 6.45) is 0.116. The van der Waals surface area contributed by atoms with Crippen LogP contribution in [-0.4, -0.2) is 59.6 Å². The topological polar surface area (TPSA) is 123 Å². The molecule has 0 radical (unpaired) electrons. The summed E-state index contributed by atoms with van der Waals surface area (Å²) in [6.45, 7) is 4.21. The van der Waals surface area contributed by atoms with Crippen LogP contribution >= 0.6 is 0 Å². The zero-order chi connectivity index (χ0) is 31.5. The van der Waals surface area contributed by atoms with E-state index in [0.717, 1.165) is 16.8 Å². The number of rotatable bonds is 3. The third-order valence-corrected chi connectivity index (χ3v) is 8.15. The van der Waals surface area contributed by atoms with Crippen LogP contribution in [0.5, 0.6) is 11.5 Å². The van der Waals surface area contributed by atoms with Gasteiger partial charge in [-0.05, 0) is 73.4 Å². The summed E-state index contributed by atoms with van der Waals surface area (Å²) >= 11 is 0. The SMILES string of the molecule is Cc1noc(C)c1CCC(=O)N1C[C@@H]2NC(=O)c3cc(ccc3F)-c3cccc(c3)OCC(=O)NCc3ccc(cc3)O[C@H]2C1. The maximum Gasteiger partial charge on any atom is 0.258 e. The Kier molecular flexibility index (Phi) is 8.50. The lowest BCUT2D eigenvalue weighted by atomic mass is 10.0. The minimum Gasteiger partial charge on any atom is -0.486 e. The highest BCUT2D eigenvalue weighted by Gasteiger charge is 2.38. The normalized spacial score (nSPS) is 18.3. The second-order valence-corrected chi connectivity index (χ2v) is 11.3. The van der Waals surface area contributed by atoms with Gasteiger partial charge in [-0.15, -0.1) is 0 Å². The molecule has 4 heterocycles. The fraction of sp³-hybridized carbons (Fsp3) is 0.294. The van der Waals surface area contributed by atoms with E-state index in [2.05, 4.69) is 15.8 Å². The Labute approximate surface area is 259 Å². The number of fused-ring (bicyclic) bond motifs is 7. The Bertz CT molecular complexity index is 1720. The molecule has 11 heteroatoms. The molecule has 7 rings (SSSR count). The van der Waals surface area contributed by atoms with Gasteiger partial charge in [0, 0.05) is 25.1 Å². The van der Waals surface area contributed by atoms with Crippen LogP contribution in [0.25, 0.3) is 11.1 Å². The average molecular weight is 613 g/mol. The van der Waals surface area contributed by atoms with Crippen LogP contribution < -0.4 is 20.1 Å². The van der Waals surface area contributed by atoms with Crippen molar-refractivity contribution in [3.63, 3.8) is 0 Å². The van der Waals surface area contributed by atoms with Crippen molar-refractivity contribution in [2.45, 2.75) is 45.4 Å². The molecule has 0 saturated carbocycles. The average Bonchev–Trinajstić information content (AvgIpc) is 3.59. The molecule has 1 fully saturated rings. The van der Waals surface area contributed by atoms with Crippen molar-refractivity contribution < 1.29 is 32.8 Å². The van der Waals surface area contributed by atoms with E-state index in [1.165, 1.54) is 12.1 Å². The molecule has 10 nitrogen and oxygen atoms in total. The first kappa shape index (κ1) is 29.9. The first-order valence-corrected chi connectivity index (χ1v) is 14.8. The fourth-order valence-corrected chi connectivity index (χ4v) is 5.64. The number of likely N-dealkylation sites (tertiary alicyclic amines) is 1. The highest BCUT2D eigenvalue weighted by Crippen LogP contribution is 2.27. The summed E-state index contributed by atoms with van der Waals surface area (Å²) < 4.78 is 32.3. The van der Waals surface area contributed by atoms with Gasteiger partial charge in [0.15, 0.2) is 6.61 Å². The monoisotopic (exact) mass is 612 g/mol. The third kappa shape index (κ3) is 6.82. The summed E-state index contributed by atoms with van der Waals surface area (Å²) in [6, 6.07) is 17.9. The summed E-state index contributed by atoms with van der Waals surface area (Å²) in [5.74, 6) is -0.0181. The zero-order valence-corrected chi connectivity index (χ0v) is 25.0. The van der Waals surface area contributed by atoms with Gasteiger partial charge in [0.2, 0.25) is 5.91 Å². The number of aromatic nitrogens is 1. The van der Waals surface area contributed by atoms with E-state index in [-0.39, 0.29) is 43.5 Å². The summed E-state index contributed by atoms with van der Waals surface area (Å²) in [5.41, 5.74) is 3.65. The van der Waals surface area contributed by atoms with Gasteiger partial charge < -0.3 is 29.5 Å². The summed E-state index contributed by atoms with van der Waals surface area (Å²) in [7, 11) is 0. The molecule has 0 unspecified atom stereocenters. The van der Waals surface area contributed by atoms with Crippen LogP contribution in [0.1, 0.15) is 39.4 Å². The number of carbonyl (C=O) groups is 3. The standard InChI is InChI=1S/C34H33FN4O6/c1-20-27(21(2)45-38-20)11-13-33(41)39-17-30-31(18-39)44-25-9-6-22(7-10-25)16-36-32(40)19-43-26-5-3-4-23(14-26)24-8-12-29(35)28(15-24)34(42)37-30/h3-10,12,14-15,30-31H,11,13,16-19H2,1-2H3,(H,36,40)(H,37,42)/t30-,31-/m0/s1. The molecule has 4 aromatic rings. The van der Waals surface area contributed by atoms with E-state index in [4.69, 9.17) is 14.0 Å². The van der Waals surface area contributed by atoms with Gasteiger partial charge in [-0.3, -0.25) is 14.4 Å². The molecule has 3 aromatic carbocycles. The molecule has 6 bridgehead atoms. The second kappa shape index (κ2) is 12.8. The maximum atomic E-state index is 15.1. The molecule has 3 amide bonds. The first-order valence-electron chi connectivity index (χ1n) is 14.8. The zero-order valence-electron chi connectivity index (χ0n) is 25.0. The van der Waals surface area contributed by atoms with Crippen molar-refractivity contribution in [2.24, 2.45) is 0 Å². The molecule has 3 aliphatic heterocycles. The van der Waals surface area contributed by atoms with Crippen molar-refractivity contribution >= 4 is 17.7 Å². The molecule has 0 aliphatic carbocycles. The highest BCUT2D eigenvalue weighted by molar-refractivity contribution is 5.96. The van der Waals surface area contributed by atoms with E-state index in [0.29, 0.717) is 41.4 Å². The van der Waals surface area contributed by atoms with E-state index in [1.807, 2.05) is 32.0 Å². The van der Waals surface area contributed by atoms with Gasteiger partial charge >= 0.3 is 0 Å². The van der Waals surface area contributed by atoms with Gasteiger partial charge in [0.05, 0.1) is 23.8 Å². The van der Waals surface area contributed by atoms with Gasteiger partial charge in [-0.25, -0.2) is 4.39 Å². The molecule has 3 aliphatic rings. The number of nitrogens with zero attached hydrogens (tertiary/aromatic N) is 2. The Hall–Kier alpha value is -5.19. The predicted molar refractivity (Wildman–Crippen MR) is 162 cm³/mol. The maximum absolute atomic E-state index is 15.1. The fourth-order valence-electron chi connectivity index (χ4n) is 5.64. The number of ether oxygens (including phenoxy) is 2. The van der Waals surface area contributed by atoms with Crippen molar-refractivity contribution in [1.82, 2.24) is 20.7 Å². The molecule has 0 spiro atoms. The minimum absolute atomic E-state index is 0.104. The molecule has 1 aromatic heterocycles. The number of hydrogen-bond acceptors (Lipinski definition) is 7. The van der Waals surface area contributed by atoms with E-state index in [9.17, 15) is 14.4 Å². The highest BCUT2D eigenvalue weighted by atomic mass is 19.1. The van der Waals surface area contributed by atoms with Gasteiger partial charge in [0.1, 0.15) is 29.2 Å². The smallest absolute Gasteiger partial charge is 0.258 e. The molecule has 1 saturated heterocycles. The van der Waals surface area contributed by atoms with Crippen LogP contribution in [0.4, 0.5) is 4.39 Å². The van der Waals surface area contributed by atoms with E-state index in [1.54, 1.807) is 41.3 Å². The second-order valence-electron chi connectivity index (χ2n) is 11.3. The predicted octanol–water partition coefficient (Wildman–Crippen LogP) is 4.13. The number of amides is 3. The van der Waals surface area contributed by atoms with Crippen molar-refractivity contribution in [3.05, 3.63) is 101 Å². The molecule has 2 atom stereocenters. The molecule has 2 N–H and O–H groups in total. The minimum atomic E-state index is -0.680. The largest absolute Gasteiger partial charge is 0.486 e. The van der Waals surface area contributed by atoms with Crippen molar-refractivity contribution in [2.75, 3.05) is 19.7 Å². The first-order chi connectivity index (χ1) is 21.7. The lowest BCUT2D eigenvalue weighted by molar-refractivity contribution is -0.130. The van der Waals surface area contributed by atoms with E-state index >= 15 is 4.39 Å². The van der Waals surface area contributed by atoms with Crippen LogP contribution in [0.3, 0.4) is 0 Å². The Balaban J connectivity index is 1.28. The number of aryl methyl sites for hydroxylation is 2. The lowest BCUT2D eigenvalue weighted by Crippen LogP contribution is -2.45.